The lowest BCUT2D eigenvalue weighted by Gasteiger charge is -2.01. The minimum Gasteiger partial charge on any atom is -0.456 e. The van der Waals surface area contributed by atoms with Crippen molar-refractivity contribution in [3.8, 4) is 11.3 Å². The highest BCUT2D eigenvalue weighted by Gasteiger charge is 2.20. The van der Waals surface area contributed by atoms with Crippen molar-refractivity contribution in [2.75, 3.05) is 0 Å². The Morgan fingerprint density at radius 2 is 1.84 bits per heavy atom. The maximum absolute atomic E-state index is 11.6. The molecule has 3 aromatic rings. The summed E-state index contributed by atoms with van der Waals surface area (Å²) >= 11 is 0. The number of hydrogen-bond donors (Lipinski definition) is 0. The molecule has 2 aromatic carbocycles. The number of benzene rings is 2. The molecule has 0 saturated heterocycles. The number of hydrogen-bond acceptors (Lipinski definition) is 2. The van der Waals surface area contributed by atoms with E-state index >= 15 is 0 Å². The third-order valence-electron chi connectivity index (χ3n) is 3.74. The zero-order valence-electron chi connectivity index (χ0n) is 10.3. The van der Waals surface area contributed by atoms with E-state index in [1.54, 1.807) is 0 Å². The normalized spacial score (nSPS) is 14.0. The van der Waals surface area contributed by atoms with Gasteiger partial charge in [0.25, 0.3) is 0 Å². The quantitative estimate of drug-likeness (QED) is 0.645. The Hall–Kier alpha value is -2.35. The number of ketones is 1. The number of fused-ring (bicyclic) bond motifs is 2. The van der Waals surface area contributed by atoms with Gasteiger partial charge in [0.15, 0.2) is 5.78 Å². The third-order valence-corrected chi connectivity index (χ3v) is 3.74. The molecule has 0 bridgehead atoms. The maximum Gasteiger partial charge on any atom is 0.163 e. The number of carbonyl (C=O) groups excluding carboxylic acids is 1. The highest BCUT2D eigenvalue weighted by atomic mass is 16.3. The van der Waals surface area contributed by atoms with Gasteiger partial charge >= 0.3 is 0 Å². The molecule has 4 rings (SSSR count). The smallest absolute Gasteiger partial charge is 0.163 e. The van der Waals surface area contributed by atoms with Gasteiger partial charge in [-0.2, -0.15) is 0 Å². The first-order valence-electron chi connectivity index (χ1n) is 6.46. The minimum atomic E-state index is 0.256. The van der Waals surface area contributed by atoms with Gasteiger partial charge in [0.1, 0.15) is 11.3 Å². The van der Waals surface area contributed by atoms with Crippen LogP contribution in [-0.4, -0.2) is 5.78 Å². The van der Waals surface area contributed by atoms with E-state index in [4.69, 9.17) is 4.42 Å². The summed E-state index contributed by atoms with van der Waals surface area (Å²) in [6.07, 6.45) is 1.49. The van der Waals surface area contributed by atoms with Crippen LogP contribution in [0.4, 0.5) is 0 Å². The summed E-state index contributed by atoms with van der Waals surface area (Å²) in [5, 5.41) is 1.11. The average molecular weight is 248 g/mol. The number of Topliss-reactive ketones (excluding diaryl/α,β-unsaturated/α-hetero) is 1. The topological polar surface area (TPSA) is 30.2 Å². The van der Waals surface area contributed by atoms with Crippen LogP contribution in [0.3, 0.4) is 0 Å². The molecule has 19 heavy (non-hydrogen) atoms. The summed E-state index contributed by atoms with van der Waals surface area (Å²) in [4.78, 5) is 11.6. The lowest BCUT2D eigenvalue weighted by Crippen LogP contribution is -1.90. The second-order valence-electron chi connectivity index (χ2n) is 4.94. The van der Waals surface area contributed by atoms with E-state index in [2.05, 4.69) is 6.07 Å². The molecule has 2 heteroatoms. The van der Waals surface area contributed by atoms with E-state index in [9.17, 15) is 4.79 Å². The monoisotopic (exact) mass is 248 g/mol. The summed E-state index contributed by atoms with van der Waals surface area (Å²) in [7, 11) is 0. The maximum atomic E-state index is 11.6. The van der Waals surface area contributed by atoms with Gasteiger partial charge in [0.2, 0.25) is 0 Å². The lowest BCUT2D eigenvalue weighted by molar-refractivity contribution is 0.0994. The minimum absolute atomic E-state index is 0.256. The van der Waals surface area contributed by atoms with Gasteiger partial charge in [-0.1, -0.05) is 30.3 Å². The average Bonchev–Trinajstić information content (AvgIpc) is 3.02. The van der Waals surface area contributed by atoms with Crippen LogP contribution in [-0.2, 0) is 6.42 Å². The van der Waals surface area contributed by atoms with Crippen LogP contribution >= 0.6 is 0 Å². The molecule has 92 valence electrons. The molecular formula is C17H12O2. The Kier molecular flexibility index (Phi) is 2.12. The fourth-order valence-electron chi connectivity index (χ4n) is 2.73. The van der Waals surface area contributed by atoms with Crippen LogP contribution in [0, 0.1) is 0 Å². The Labute approximate surface area is 110 Å². The van der Waals surface area contributed by atoms with Gasteiger partial charge in [0.05, 0.1) is 0 Å². The molecule has 0 N–H and O–H groups in total. The van der Waals surface area contributed by atoms with Crippen LogP contribution in [0.2, 0.25) is 0 Å². The number of furan rings is 1. The number of rotatable bonds is 1. The fourth-order valence-corrected chi connectivity index (χ4v) is 2.73. The molecule has 0 radical (unpaired) electrons. The Balaban J connectivity index is 1.86. The number of para-hydroxylation sites is 1. The summed E-state index contributed by atoms with van der Waals surface area (Å²) in [6, 6.07) is 16.0. The summed E-state index contributed by atoms with van der Waals surface area (Å²) in [5.41, 5.74) is 3.96. The molecule has 1 aromatic heterocycles. The highest BCUT2D eigenvalue weighted by Crippen LogP contribution is 2.31. The summed E-state index contributed by atoms with van der Waals surface area (Å²) in [5.74, 6) is 1.12. The van der Waals surface area contributed by atoms with Gasteiger partial charge in [-0.05, 0) is 30.2 Å². The van der Waals surface area contributed by atoms with Crippen molar-refractivity contribution in [1.82, 2.24) is 0 Å². The van der Waals surface area contributed by atoms with E-state index in [0.717, 1.165) is 39.8 Å². The van der Waals surface area contributed by atoms with E-state index in [1.165, 1.54) is 0 Å². The highest BCUT2D eigenvalue weighted by molar-refractivity contribution is 6.01. The van der Waals surface area contributed by atoms with Crippen LogP contribution in [0.1, 0.15) is 22.3 Å². The number of carbonyl (C=O) groups is 1. The first kappa shape index (κ1) is 10.6. The summed E-state index contributed by atoms with van der Waals surface area (Å²) < 4.78 is 5.86. The molecule has 0 fully saturated rings. The molecule has 1 heterocycles. The number of aryl methyl sites for hydroxylation is 1. The van der Waals surface area contributed by atoms with Gasteiger partial charge in [-0.25, -0.2) is 0 Å². The lowest BCUT2D eigenvalue weighted by atomic mass is 10.0. The molecular weight excluding hydrogens is 236 g/mol. The Morgan fingerprint density at radius 1 is 0.947 bits per heavy atom. The van der Waals surface area contributed by atoms with E-state index in [0.29, 0.717) is 6.42 Å². The Bertz CT molecular complexity index is 763. The van der Waals surface area contributed by atoms with Crippen LogP contribution in [0.15, 0.2) is 52.9 Å². The van der Waals surface area contributed by atoms with Crippen LogP contribution in [0.25, 0.3) is 22.3 Å². The van der Waals surface area contributed by atoms with Crippen molar-refractivity contribution in [2.24, 2.45) is 0 Å². The van der Waals surface area contributed by atoms with Crippen molar-refractivity contribution >= 4 is 16.8 Å². The Morgan fingerprint density at radius 3 is 2.74 bits per heavy atom. The molecule has 0 atom stereocenters. The molecule has 0 saturated carbocycles. The van der Waals surface area contributed by atoms with Gasteiger partial charge < -0.3 is 4.42 Å². The summed E-state index contributed by atoms with van der Waals surface area (Å²) in [6.45, 7) is 0. The van der Waals surface area contributed by atoms with Crippen molar-refractivity contribution in [3.05, 3.63) is 59.7 Å². The largest absolute Gasteiger partial charge is 0.456 e. The van der Waals surface area contributed by atoms with Crippen molar-refractivity contribution in [1.29, 1.82) is 0 Å². The fraction of sp³-hybridized carbons (Fsp3) is 0.118. The second kappa shape index (κ2) is 3.82. The van der Waals surface area contributed by atoms with E-state index in [1.807, 2.05) is 42.5 Å². The molecule has 0 unspecified atom stereocenters. The molecule has 0 spiro atoms. The van der Waals surface area contributed by atoms with Crippen molar-refractivity contribution in [2.45, 2.75) is 12.8 Å². The predicted octanol–water partition coefficient (Wildman–Crippen LogP) is 4.23. The molecule has 1 aliphatic rings. The third kappa shape index (κ3) is 1.60. The molecule has 0 amide bonds. The molecule has 2 nitrogen and oxygen atoms in total. The predicted molar refractivity (Wildman–Crippen MR) is 74.3 cm³/mol. The van der Waals surface area contributed by atoms with Crippen molar-refractivity contribution in [3.63, 3.8) is 0 Å². The van der Waals surface area contributed by atoms with E-state index < -0.39 is 0 Å². The second-order valence-corrected chi connectivity index (χ2v) is 4.94. The molecule has 1 aliphatic carbocycles. The standard InChI is InChI=1S/C17H12O2/c18-15-8-6-11-9-13(5-7-14(11)15)17-10-12-3-1-2-4-16(12)19-17/h1-5,7,9-10H,6,8H2. The first-order chi connectivity index (χ1) is 9.31. The van der Waals surface area contributed by atoms with Gasteiger partial charge in [0, 0.05) is 22.9 Å². The zero-order valence-corrected chi connectivity index (χ0v) is 10.3. The molecule has 0 aliphatic heterocycles. The SMILES string of the molecule is O=C1CCc2cc(-c3cc4ccccc4o3)ccc21. The van der Waals surface area contributed by atoms with Gasteiger partial charge in [-0.15, -0.1) is 0 Å². The van der Waals surface area contributed by atoms with Crippen molar-refractivity contribution < 1.29 is 9.21 Å². The van der Waals surface area contributed by atoms with E-state index in [-0.39, 0.29) is 5.78 Å². The van der Waals surface area contributed by atoms with Crippen LogP contribution < -0.4 is 0 Å². The van der Waals surface area contributed by atoms with Gasteiger partial charge in [-0.3, -0.25) is 4.79 Å². The van der Waals surface area contributed by atoms with Crippen LogP contribution in [0.5, 0.6) is 0 Å². The zero-order chi connectivity index (χ0) is 12.8. The first-order valence-corrected chi connectivity index (χ1v) is 6.46.